The van der Waals surface area contributed by atoms with Gasteiger partial charge in [-0.3, -0.25) is 9.59 Å². The largest absolute Gasteiger partial charge is 0.422 e. The van der Waals surface area contributed by atoms with E-state index in [2.05, 4.69) is 4.98 Å². The van der Waals surface area contributed by atoms with E-state index in [1.165, 1.54) is 0 Å². The summed E-state index contributed by atoms with van der Waals surface area (Å²) in [6.07, 6.45) is 2.69. The van der Waals surface area contributed by atoms with Gasteiger partial charge in [0.15, 0.2) is 17.6 Å². The zero-order valence-electron chi connectivity index (χ0n) is 11.7. The molecule has 0 aromatic carbocycles. The van der Waals surface area contributed by atoms with Gasteiger partial charge in [0.25, 0.3) is 17.7 Å². The van der Waals surface area contributed by atoms with Crippen molar-refractivity contribution in [1.29, 1.82) is 0 Å². The Morgan fingerprint density at radius 2 is 1.35 bits per heavy atom. The van der Waals surface area contributed by atoms with Crippen molar-refractivity contribution in [1.82, 2.24) is 4.98 Å². The van der Waals surface area contributed by atoms with Crippen LogP contribution in [-0.4, -0.2) is 22.7 Å². The molecule has 0 unspecified atom stereocenters. The van der Waals surface area contributed by atoms with Crippen LogP contribution >= 0.6 is 0 Å². The highest BCUT2D eigenvalue weighted by atomic mass is 19.2. The number of aromatic nitrogens is 1. The first-order valence-electron chi connectivity index (χ1n) is 7.00. The number of rotatable bonds is 1. The van der Waals surface area contributed by atoms with Gasteiger partial charge in [0.1, 0.15) is 0 Å². The predicted molar refractivity (Wildman–Crippen MR) is 64.8 cm³/mol. The summed E-state index contributed by atoms with van der Waals surface area (Å²) in [4.78, 5) is 26.5. The third-order valence-electron chi connectivity index (χ3n) is 3.98. The lowest BCUT2D eigenvalue weighted by Crippen LogP contribution is -2.50. The molecule has 2 fully saturated rings. The van der Waals surface area contributed by atoms with E-state index in [0.717, 1.165) is 6.42 Å². The van der Waals surface area contributed by atoms with Gasteiger partial charge in [0.05, 0.1) is 5.56 Å². The number of hydrogen-bond acceptors (Lipinski definition) is 5. The lowest BCUT2D eigenvalue weighted by molar-refractivity contribution is -0.256. The maximum Gasteiger partial charge on any atom is 0.328 e. The third-order valence-corrected chi connectivity index (χ3v) is 3.98. The lowest BCUT2D eigenvalue weighted by Gasteiger charge is -2.40. The van der Waals surface area contributed by atoms with E-state index >= 15 is 0 Å². The molecule has 124 valence electrons. The maximum absolute atomic E-state index is 13.7. The molecule has 1 aliphatic heterocycles. The predicted octanol–water partition coefficient (Wildman–Crippen LogP) is 2.48. The van der Waals surface area contributed by atoms with Gasteiger partial charge in [-0.25, -0.2) is 8.78 Å². The Balaban J connectivity index is 2.00. The van der Waals surface area contributed by atoms with Crippen LogP contribution in [0.3, 0.4) is 0 Å². The fourth-order valence-electron chi connectivity index (χ4n) is 2.89. The van der Waals surface area contributed by atoms with Gasteiger partial charge in [0.2, 0.25) is 0 Å². The summed E-state index contributed by atoms with van der Waals surface area (Å²) in [5.74, 6) is -14.1. The van der Waals surface area contributed by atoms with Crippen LogP contribution in [0.2, 0.25) is 0 Å². The topological polar surface area (TPSA) is 65.5 Å². The monoisotopic (exact) mass is 333 g/mol. The van der Waals surface area contributed by atoms with Crippen molar-refractivity contribution in [3.63, 3.8) is 0 Å². The normalized spacial score (nSPS) is 21.2. The van der Waals surface area contributed by atoms with Crippen LogP contribution in [0.15, 0.2) is 0 Å². The molecule has 2 aliphatic rings. The van der Waals surface area contributed by atoms with Crippen LogP contribution < -0.4 is 0 Å². The van der Waals surface area contributed by atoms with Crippen molar-refractivity contribution in [2.75, 3.05) is 0 Å². The molecular weight excluding hydrogens is 322 g/mol. The molecule has 5 nitrogen and oxygen atoms in total. The number of hydrogen-bond donors (Lipinski definition) is 0. The Hall–Kier alpha value is -2.19. The fraction of sp³-hybridized carbons (Fsp3) is 0.500. The van der Waals surface area contributed by atoms with Gasteiger partial charge in [0, 0.05) is 12.8 Å². The number of ether oxygens (including phenoxy) is 2. The van der Waals surface area contributed by atoms with Crippen LogP contribution in [0, 0.1) is 23.5 Å². The second-order valence-electron chi connectivity index (χ2n) is 5.48. The Kier molecular flexibility index (Phi) is 3.73. The highest BCUT2D eigenvalue weighted by Gasteiger charge is 2.52. The van der Waals surface area contributed by atoms with E-state index in [0.29, 0.717) is 12.8 Å². The molecule has 23 heavy (non-hydrogen) atoms. The van der Waals surface area contributed by atoms with Gasteiger partial charge in [-0.05, 0) is 12.8 Å². The maximum atomic E-state index is 13.7. The standard InChI is InChI=1S/C14H11F4NO4/c15-8-6(9(16)11(18)19-10(8)17)7-12(20)22-14(23-13(7)21)4-2-1-3-5-14/h7H,1-5H2. The molecule has 1 aromatic rings. The Morgan fingerprint density at radius 3 is 1.83 bits per heavy atom. The van der Waals surface area contributed by atoms with Crippen molar-refractivity contribution in [2.24, 2.45) is 0 Å². The number of carbonyl (C=O) groups is 2. The van der Waals surface area contributed by atoms with E-state index < -0.39 is 52.7 Å². The van der Waals surface area contributed by atoms with Crippen molar-refractivity contribution in [3.05, 3.63) is 29.1 Å². The summed E-state index contributed by atoms with van der Waals surface area (Å²) >= 11 is 0. The average Bonchev–Trinajstić information content (AvgIpc) is 2.48. The van der Waals surface area contributed by atoms with Crippen molar-refractivity contribution in [2.45, 2.75) is 43.8 Å². The molecule has 1 spiro atoms. The molecule has 1 aliphatic carbocycles. The molecule has 0 atom stereocenters. The summed E-state index contributed by atoms with van der Waals surface area (Å²) < 4.78 is 64.0. The van der Waals surface area contributed by atoms with Crippen LogP contribution in [0.1, 0.15) is 43.6 Å². The molecule has 9 heteroatoms. The zero-order chi connectivity index (χ0) is 16.8. The second-order valence-corrected chi connectivity index (χ2v) is 5.48. The van der Waals surface area contributed by atoms with Crippen LogP contribution in [0.5, 0.6) is 0 Å². The van der Waals surface area contributed by atoms with E-state index in [-0.39, 0.29) is 12.8 Å². The van der Waals surface area contributed by atoms with Gasteiger partial charge in [-0.1, -0.05) is 6.42 Å². The summed E-state index contributed by atoms with van der Waals surface area (Å²) in [6, 6.07) is 0. The summed E-state index contributed by atoms with van der Waals surface area (Å²) in [7, 11) is 0. The first kappa shape index (κ1) is 15.7. The molecule has 3 rings (SSSR count). The number of esters is 2. The number of nitrogens with zero attached hydrogens (tertiary/aromatic N) is 1. The minimum Gasteiger partial charge on any atom is -0.422 e. The second kappa shape index (κ2) is 5.47. The molecule has 0 N–H and O–H groups in total. The summed E-state index contributed by atoms with van der Waals surface area (Å²) in [6.45, 7) is 0. The van der Waals surface area contributed by atoms with Gasteiger partial charge < -0.3 is 9.47 Å². The summed E-state index contributed by atoms with van der Waals surface area (Å²) in [5, 5.41) is 0. The Labute approximate surface area is 127 Å². The first-order valence-corrected chi connectivity index (χ1v) is 7.00. The van der Waals surface area contributed by atoms with Crippen LogP contribution in [-0.2, 0) is 19.1 Å². The van der Waals surface area contributed by atoms with Gasteiger partial charge >= 0.3 is 11.9 Å². The van der Waals surface area contributed by atoms with E-state index in [1.807, 2.05) is 0 Å². The molecule has 0 bridgehead atoms. The van der Waals surface area contributed by atoms with Crippen LogP contribution in [0.4, 0.5) is 17.6 Å². The fourth-order valence-corrected chi connectivity index (χ4v) is 2.89. The smallest absolute Gasteiger partial charge is 0.328 e. The molecule has 1 saturated heterocycles. The van der Waals surface area contributed by atoms with Gasteiger partial charge in [-0.2, -0.15) is 13.8 Å². The Bertz CT molecular complexity index is 642. The highest BCUT2D eigenvalue weighted by molar-refractivity contribution is 6.02. The SMILES string of the molecule is O=C1OC2(CCCCC2)OC(=O)C1c1c(F)c(F)nc(F)c1F. The number of halogens is 4. The quantitative estimate of drug-likeness (QED) is 0.342. The highest BCUT2D eigenvalue weighted by Crippen LogP contribution is 2.40. The average molecular weight is 333 g/mol. The van der Waals surface area contributed by atoms with Crippen molar-refractivity contribution >= 4 is 11.9 Å². The molecule has 0 radical (unpaired) electrons. The molecule has 2 heterocycles. The molecular formula is C14H11F4NO4. The first-order chi connectivity index (χ1) is 10.8. The molecule has 1 saturated carbocycles. The third kappa shape index (κ3) is 2.53. The molecule has 1 aromatic heterocycles. The van der Waals surface area contributed by atoms with E-state index in [9.17, 15) is 27.2 Å². The molecule has 0 amide bonds. The zero-order valence-corrected chi connectivity index (χ0v) is 11.7. The van der Waals surface area contributed by atoms with Crippen LogP contribution in [0.25, 0.3) is 0 Å². The minimum atomic E-state index is -2.23. The van der Waals surface area contributed by atoms with E-state index in [1.54, 1.807) is 0 Å². The Morgan fingerprint density at radius 1 is 0.870 bits per heavy atom. The lowest BCUT2D eigenvalue weighted by atomic mass is 9.91. The number of carbonyl (C=O) groups excluding carboxylic acids is 2. The van der Waals surface area contributed by atoms with E-state index in [4.69, 9.17) is 9.47 Å². The van der Waals surface area contributed by atoms with Crippen molar-refractivity contribution in [3.8, 4) is 0 Å². The van der Waals surface area contributed by atoms with Crippen molar-refractivity contribution < 1.29 is 36.6 Å². The van der Waals surface area contributed by atoms with Gasteiger partial charge in [-0.15, -0.1) is 0 Å². The summed E-state index contributed by atoms with van der Waals surface area (Å²) in [5.41, 5.74) is -1.39. The number of pyridine rings is 1. The minimum absolute atomic E-state index is 0.265.